The van der Waals surface area contributed by atoms with Crippen molar-refractivity contribution in [2.75, 3.05) is 26.2 Å². The zero-order valence-electron chi connectivity index (χ0n) is 19.3. The predicted octanol–water partition coefficient (Wildman–Crippen LogP) is 4.91. The van der Waals surface area contributed by atoms with Crippen LogP contribution in [0.1, 0.15) is 48.0 Å². The van der Waals surface area contributed by atoms with Crippen LogP contribution in [0.25, 0.3) is 0 Å². The lowest BCUT2D eigenvalue weighted by atomic mass is 9.81. The van der Waals surface area contributed by atoms with Crippen molar-refractivity contribution >= 4 is 35.0 Å². The number of benzene rings is 2. The zero-order chi connectivity index (χ0) is 23.7. The van der Waals surface area contributed by atoms with E-state index in [4.69, 9.17) is 23.2 Å². The first-order valence-corrected chi connectivity index (χ1v) is 13.1. The number of carbonyl (C=O) groups is 2. The second-order valence-corrected chi connectivity index (χ2v) is 10.5. The Morgan fingerprint density at radius 2 is 1.50 bits per heavy atom. The summed E-state index contributed by atoms with van der Waals surface area (Å²) in [6.45, 7) is 3.28. The molecule has 1 saturated carbocycles. The molecule has 0 spiro atoms. The number of hydrogen-bond donors (Lipinski definition) is 0. The molecule has 2 aromatic rings. The lowest BCUT2D eigenvalue weighted by molar-refractivity contribution is -0.141. The first-order valence-electron chi connectivity index (χ1n) is 12.4. The highest BCUT2D eigenvalue weighted by atomic mass is 35.5. The highest BCUT2D eigenvalue weighted by molar-refractivity contribution is 6.42. The third-order valence-corrected chi connectivity index (χ3v) is 8.42. The third-order valence-electron chi connectivity index (χ3n) is 7.68. The fourth-order valence-electron chi connectivity index (χ4n) is 6.11. The minimum Gasteiger partial charge on any atom is -0.334 e. The number of rotatable bonds is 4. The van der Waals surface area contributed by atoms with Gasteiger partial charge in [-0.3, -0.25) is 14.5 Å². The average molecular weight is 500 g/mol. The SMILES string of the molecule is O=C(Cc1ccc(Cl)c(Cl)c1)N1CCN(C(=O)c2ccccc2)[C@@H]2CCC[C@@H](N3CCCC3)[C@@H]21. The molecule has 0 N–H and O–H groups in total. The molecule has 7 heteroatoms. The third kappa shape index (κ3) is 4.71. The van der Waals surface area contributed by atoms with Crippen molar-refractivity contribution in [2.45, 2.75) is 56.7 Å². The molecule has 2 saturated heterocycles. The molecule has 5 nitrogen and oxygen atoms in total. The molecule has 3 aliphatic rings. The molecule has 180 valence electrons. The summed E-state index contributed by atoms with van der Waals surface area (Å²) in [5, 5.41) is 0.961. The summed E-state index contributed by atoms with van der Waals surface area (Å²) >= 11 is 12.3. The van der Waals surface area contributed by atoms with Gasteiger partial charge in [0.25, 0.3) is 5.91 Å². The monoisotopic (exact) mass is 499 g/mol. The van der Waals surface area contributed by atoms with Gasteiger partial charge in [-0.05, 0) is 75.0 Å². The van der Waals surface area contributed by atoms with E-state index < -0.39 is 0 Å². The molecule has 0 unspecified atom stereocenters. The van der Waals surface area contributed by atoms with Gasteiger partial charge < -0.3 is 9.80 Å². The Hall–Kier alpha value is -2.08. The van der Waals surface area contributed by atoms with Crippen molar-refractivity contribution in [1.29, 1.82) is 0 Å². The van der Waals surface area contributed by atoms with E-state index >= 15 is 0 Å². The average Bonchev–Trinajstić information content (AvgIpc) is 3.40. The number of halogens is 2. The van der Waals surface area contributed by atoms with Gasteiger partial charge in [-0.1, -0.05) is 47.5 Å². The van der Waals surface area contributed by atoms with Crippen LogP contribution in [0.4, 0.5) is 0 Å². The van der Waals surface area contributed by atoms with Crippen molar-refractivity contribution in [3.8, 4) is 0 Å². The Morgan fingerprint density at radius 1 is 0.794 bits per heavy atom. The van der Waals surface area contributed by atoms with E-state index in [1.165, 1.54) is 12.8 Å². The normalized spacial score (nSPS) is 25.3. The Balaban J connectivity index is 1.43. The molecule has 2 amide bonds. The van der Waals surface area contributed by atoms with E-state index in [1.807, 2.05) is 41.3 Å². The van der Waals surface area contributed by atoms with Crippen molar-refractivity contribution in [2.24, 2.45) is 0 Å². The number of hydrogen-bond acceptors (Lipinski definition) is 3. The van der Waals surface area contributed by atoms with Crippen LogP contribution in [0.15, 0.2) is 48.5 Å². The Morgan fingerprint density at radius 3 is 2.24 bits per heavy atom. The maximum atomic E-state index is 13.7. The highest BCUT2D eigenvalue weighted by Crippen LogP contribution is 2.36. The maximum absolute atomic E-state index is 13.7. The van der Waals surface area contributed by atoms with Gasteiger partial charge in [0.2, 0.25) is 5.91 Å². The molecule has 0 bridgehead atoms. The molecular weight excluding hydrogens is 469 g/mol. The summed E-state index contributed by atoms with van der Waals surface area (Å²) in [6.07, 6.45) is 5.79. The standard InChI is InChI=1S/C27H31Cl2N3O2/c28-21-12-11-19(17-22(21)29)18-25(33)32-16-15-31(27(34)20-7-2-1-3-8-20)24-10-6-9-23(26(24)32)30-13-4-5-14-30/h1-3,7-8,11-12,17,23-24,26H,4-6,9-10,13-16,18H2/t23-,24-,26+/m1/s1. The summed E-state index contributed by atoms with van der Waals surface area (Å²) in [5.74, 6) is 0.181. The van der Waals surface area contributed by atoms with Gasteiger partial charge in [-0.2, -0.15) is 0 Å². The van der Waals surface area contributed by atoms with E-state index in [2.05, 4.69) is 9.80 Å². The fraction of sp³-hybridized carbons (Fsp3) is 0.481. The van der Waals surface area contributed by atoms with Crippen molar-refractivity contribution in [3.63, 3.8) is 0 Å². The highest BCUT2D eigenvalue weighted by Gasteiger charge is 2.48. The number of carbonyl (C=O) groups excluding carboxylic acids is 2. The van der Waals surface area contributed by atoms with Crippen LogP contribution in [0.5, 0.6) is 0 Å². The summed E-state index contributed by atoms with van der Waals surface area (Å²) in [4.78, 5) is 33.8. The van der Waals surface area contributed by atoms with E-state index in [1.54, 1.807) is 12.1 Å². The molecule has 3 atom stereocenters. The van der Waals surface area contributed by atoms with E-state index in [9.17, 15) is 9.59 Å². The van der Waals surface area contributed by atoms with Gasteiger partial charge in [0.1, 0.15) is 0 Å². The molecule has 1 aliphatic carbocycles. The quantitative estimate of drug-likeness (QED) is 0.600. The van der Waals surface area contributed by atoms with Gasteiger partial charge in [0.15, 0.2) is 0 Å². The number of amides is 2. The Labute approximate surface area is 211 Å². The number of nitrogens with zero attached hydrogens (tertiary/aromatic N) is 3. The molecule has 5 rings (SSSR count). The fourth-order valence-corrected chi connectivity index (χ4v) is 6.43. The van der Waals surface area contributed by atoms with Gasteiger partial charge in [-0.25, -0.2) is 0 Å². The van der Waals surface area contributed by atoms with E-state index in [0.29, 0.717) is 35.6 Å². The topological polar surface area (TPSA) is 43.9 Å². The Kier molecular flexibility index (Phi) is 7.14. The lowest BCUT2D eigenvalue weighted by Crippen LogP contribution is -2.69. The van der Waals surface area contributed by atoms with Crippen molar-refractivity contribution < 1.29 is 9.59 Å². The second-order valence-electron chi connectivity index (χ2n) is 9.68. The van der Waals surface area contributed by atoms with Gasteiger partial charge >= 0.3 is 0 Å². The van der Waals surface area contributed by atoms with Crippen LogP contribution < -0.4 is 0 Å². The number of piperazine rings is 1. The first kappa shape index (κ1) is 23.7. The molecule has 2 aliphatic heterocycles. The van der Waals surface area contributed by atoms with Crippen LogP contribution >= 0.6 is 23.2 Å². The molecule has 3 fully saturated rings. The number of likely N-dealkylation sites (tertiary alicyclic amines) is 1. The molecule has 2 heterocycles. The summed E-state index contributed by atoms with van der Waals surface area (Å²) in [7, 11) is 0. The van der Waals surface area contributed by atoms with Crippen LogP contribution in [0.2, 0.25) is 10.0 Å². The van der Waals surface area contributed by atoms with Gasteiger partial charge in [0, 0.05) is 24.7 Å². The van der Waals surface area contributed by atoms with E-state index in [-0.39, 0.29) is 23.9 Å². The molecular formula is C27H31Cl2N3O2. The summed E-state index contributed by atoms with van der Waals surface area (Å²) in [6, 6.07) is 15.3. The predicted molar refractivity (Wildman–Crippen MR) is 135 cm³/mol. The molecule has 0 aromatic heterocycles. The Bertz CT molecular complexity index is 1040. The maximum Gasteiger partial charge on any atom is 0.254 e. The minimum atomic E-state index is 0.0172. The molecule has 34 heavy (non-hydrogen) atoms. The summed E-state index contributed by atoms with van der Waals surface area (Å²) < 4.78 is 0. The van der Waals surface area contributed by atoms with Crippen LogP contribution in [0, 0.1) is 0 Å². The largest absolute Gasteiger partial charge is 0.334 e. The molecule has 2 aromatic carbocycles. The summed E-state index contributed by atoms with van der Waals surface area (Å²) in [5.41, 5.74) is 1.59. The smallest absolute Gasteiger partial charge is 0.254 e. The minimum absolute atomic E-state index is 0.0172. The van der Waals surface area contributed by atoms with E-state index in [0.717, 1.165) is 43.5 Å². The van der Waals surface area contributed by atoms with Crippen molar-refractivity contribution in [1.82, 2.24) is 14.7 Å². The van der Waals surface area contributed by atoms with Crippen LogP contribution in [-0.2, 0) is 11.2 Å². The van der Waals surface area contributed by atoms with Crippen LogP contribution in [-0.4, -0.2) is 70.8 Å². The van der Waals surface area contributed by atoms with Crippen molar-refractivity contribution in [3.05, 3.63) is 69.7 Å². The molecule has 0 radical (unpaired) electrons. The van der Waals surface area contributed by atoms with Gasteiger partial charge in [-0.15, -0.1) is 0 Å². The first-order chi connectivity index (χ1) is 16.5. The van der Waals surface area contributed by atoms with Gasteiger partial charge in [0.05, 0.1) is 28.5 Å². The second kappa shape index (κ2) is 10.3. The lowest BCUT2D eigenvalue weighted by Gasteiger charge is -2.54. The van der Waals surface area contributed by atoms with Crippen LogP contribution in [0.3, 0.4) is 0 Å². The number of fused-ring (bicyclic) bond motifs is 1. The zero-order valence-corrected chi connectivity index (χ0v) is 20.8.